The second kappa shape index (κ2) is 10.4. The molecule has 2 aromatic carbocycles. The summed E-state index contributed by atoms with van der Waals surface area (Å²) in [5, 5.41) is 2.71. The van der Waals surface area contributed by atoms with Gasteiger partial charge in [-0.2, -0.15) is 8.61 Å². The first-order valence-corrected chi connectivity index (χ1v) is 14.7. The fourth-order valence-corrected chi connectivity index (χ4v) is 7.60. The van der Waals surface area contributed by atoms with Crippen molar-refractivity contribution in [3.05, 3.63) is 47.0 Å². The van der Waals surface area contributed by atoms with Gasteiger partial charge in [0.1, 0.15) is 5.75 Å². The van der Waals surface area contributed by atoms with Crippen LogP contribution < -0.4 is 10.1 Å². The van der Waals surface area contributed by atoms with Gasteiger partial charge in [0.15, 0.2) is 0 Å². The number of amides is 1. The van der Waals surface area contributed by atoms with Crippen LogP contribution in [0.5, 0.6) is 5.75 Å². The van der Waals surface area contributed by atoms with Crippen LogP contribution in [0.15, 0.2) is 46.2 Å². The molecule has 12 heteroatoms. The van der Waals surface area contributed by atoms with Gasteiger partial charge in [-0.25, -0.2) is 16.8 Å². The second-order valence-electron chi connectivity index (χ2n) is 8.53. The van der Waals surface area contributed by atoms with Crippen LogP contribution in [0, 0.1) is 0 Å². The van der Waals surface area contributed by atoms with E-state index in [1.807, 2.05) is 0 Å². The van der Waals surface area contributed by atoms with E-state index in [9.17, 15) is 21.6 Å². The first-order chi connectivity index (χ1) is 16.6. The molecule has 2 fully saturated rings. The molecule has 0 spiro atoms. The lowest BCUT2D eigenvalue weighted by Gasteiger charge is -2.26. The van der Waals surface area contributed by atoms with Crippen LogP contribution in [0.3, 0.4) is 0 Å². The third kappa shape index (κ3) is 5.34. The largest absolute Gasteiger partial charge is 0.495 e. The maximum absolute atomic E-state index is 13.2. The van der Waals surface area contributed by atoms with E-state index in [1.165, 1.54) is 52.1 Å². The van der Waals surface area contributed by atoms with Gasteiger partial charge in [-0.3, -0.25) is 4.79 Å². The van der Waals surface area contributed by atoms with E-state index in [4.69, 9.17) is 16.3 Å². The number of methoxy groups -OCH3 is 1. The minimum Gasteiger partial charge on any atom is -0.495 e. The topological polar surface area (TPSA) is 113 Å². The number of piperidine rings is 1. The van der Waals surface area contributed by atoms with Gasteiger partial charge < -0.3 is 10.1 Å². The monoisotopic (exact) mass is 541 g/mol. The van der Waals surface area contributed by atoms with E-state index >= 15 is 0 Å². The van der Waals surface area contributed by atoms with Crippen molar-refractivity contribution in [1.29, 1.82) is 0 Å². The molecule has 0 aliphatic carbocycles. The molecule has 2 aliphatic heterocycles. The molecule has 0 unspecified atom stereocenters. The number of anilines is 1. The zero-order valence-electron chi connectivity index (χ0n) is 19.4. The zero-order chi connectivity index (χ0) is 25.2. The number of hydrogen-bond donors (Lipinski definition) is 1. The molecule has 0 bridgehead atoms. The van der Waals surface area contributed by atoms with Crippen molar-refractivity contribution < 1.29 is 26.4 Å². The molecule has 0 aromatic heterocycles. The number of nitrogens with one attached hydrogen (secondary N) is 1. The van der Waals surface area contributed by atoms with Crippen LogP contribution >= 0.6 is 11.6 Å². The molecule has 0 atom stereocenters. The molecule has 1 amide bonds. The fraction of sp³-hybridized carbons (Fsp3) is 0.435. The Morgan fingerprint density at radius 1 is 0.829 bits per heavy atom. The Balaban J connectivity index is 1.64. The fourth-order valence-electron chi connectivity index (χ4n) is 4.31. The van der Waals surface area contributed by atoms with E-state index in [2.05, 4.69) is 5.32 Å². The predicted octanol–water partition coefficient (Wildman–Crippen LogP) is 3.56. The van der Waals surface area contributed by atoms with Crippen LogP contribution in [0.4, 0.5) is 5.69 Å². The number of nitrogens with zero attached hydrogens (tertiary/aromatic N) is 2. The second-order valence-corrected chi connectivity index (χ2v) is 12.8. The Bertz CT molecular complexity index is 1320. The first-order valence-electron chi connectivity index (χ1n) is 11.4. The van der Waals surface area contributed by atoms with Gasteiger partial charge >= 0.3 is 0 Å². The van der Waals surface area contributed by atoms with Crippen LogP contribution in [-0.2, 0) is 20.0 Å². The van der Waals surface area contributed by atoms with Crippen molar-refractivity contribution in [2.45, 2.75) is 41.9 Å². The third-order valence-corrected chi connectivity index (χ3v) is 10.4. The van der Waals surface area contributed by atoms with Gasteiger partial charge in [0, 0.05) is 26.2 Å². The first kappa shape index (κ1) is 25.9. The predicted molar refractivity (Wildman–Crippen MR) is 133 cm³/mol. The Morgan fingerprint density at radius 2 is 1.34 bits per heavy atom. The molecule has 2 aliphatic rings. The summed E-state index contributed by atoms with van der Waals surface area (Å²) < 4.78 is 60.2. The molecular weight excluding hydrogens is 514 g/mol. The lowest BCUT2D eigenvalue weighted by molar-refractivity contribution is 0.102. The van der Waals surface area contributed by atoms with E-state index in [0.717, 1.165) is 32.1 Å². The standard InChI is InChI=1S/C23H28ClN3O6S2/c1-33-22-10-8-18(35(31,32)27-13-5-6-14-27)16-21(22)25-23(28)19-15-17(7-9-20(19)24)34(29,30)26-11-3-2-4-12-26/h7-10,15-16H,2-6,11-14H2,1H3,(H,25,28). The van der Waals surface area contributed by atoms with E-state index < -0.39 is 26.0 Å². The van der Waals surface area contributed by atoms with Crippen molar-refractivity contribution >= 4 is 43.2 Å². The summed E-state index contributed by atoms with van der Waals surface area (Å²) in [5.74, 6) is -0.424. The van der Waals surface area contributed by atoms with Crippen molar-refractivity contribution in [2.75, 3.05) is 38.6 Å². The number of hydrogen-bond acceptors (Lipinski definition) is 6. The SMILES string of the molecule is COc1ccc(S(=O)(=O)N2CCCC2)cc1NC(=O)c1cc(S(=O)(=O)N2CCCCC2)ccc1Cl. The molecule has 2 heterocycles. The molecule has 0 saturated carbocycles. The summed E-state index contributed by atoms with van der Waals surface area (Å²) in [6.45, 7) is 1.76. The number of carbonyl (C=O) groups excluding carboxylic acids is 1. The van der Waals surface area contributed by atoms with Crippen LogP contribution in [0.1, 0.15) is 42.5 Å². The van der Waals surface area contributed by atoms with E-state index in [1.54, 1.807) is 0 Å². The lowest BCUT2D eigenvalue weighted by atomic mass is 10.2. The quantitative estimate of drug-likeness (QED) is 0.573. The number of halogens is 1. The molecule has 2 aromatic rings. The summed E-state index contributed by atoms with van der Waals surface area (Å²) in [6.07, 6.45) is 4.16. The Hall–Kier alpha value is -2.18. The van der Waals surface area contributed by atoms with Gasteiger partial charge in [-0.15, -0.1) is 0 Å². The minimum atomic E-state index is -3.77. The average Bonchev–Trinajstić information content (AvgIpc) is 3.41. The highest BCUT2D eigenvalue weighted by atomic mass is 35.5. The third-order valence-electron chi connectivity index (χ3n) is 6.26. The Labute approximate surface area is 211 Å². The number of rotatable bonds is 7. The van der Waals surface area contributed by atoms with Gasteiger partial charge in [0.05, 0.1) is 33.2 Å². The zero-order valence-corrected chi connectivity index (χ0v) is 21.8. The van der Waals surface area contributed by atoms with Crippen molar-refractivity contribution in [2.24, 2.45) is 0 Å². The van der Waals surface area contributed by atoms with E-state index in [0.29, 0.717) is 26.2 Å². The molecule has 1 N–H and O–H groups in total. The number of carbonyl (C=O) groups is 1. The molecule has 9 nitrogen and oxygen atoms in total. The van der Waals surface area contributed by atoms with Gasteiger partial charge in [-0.1, -0.05) is 18.0 Å². The Kier molecular flexibility index (Phi) is 7.72. The van der Waals surface area contributed by atoms with Gasteiger partial charge in [0.2, 0.25) is 20.0 Å². The summed E-state index contributed by atoms with van der Waals surface area (Å²) >= 11 is 6.25. The summed E-state index contributed by atoms with van der Waals surface area (Å²) in [4.78, 5) is 13.2. The molecule has 0 radical (unpaired) electrons. The van der Waals surface area contributed by atoms with Crippen LogP contribution in [0.2, 0.25) is 5.02 Å². The number of benzene rings is 2. The van der Waals surface area contributed by atoms with E-state index in [-0.39, 0.29) is 31.8 Å². The maximum atomic E-state index is 13.2. The average molecular weight is 542 g/mol. The van der Waals surface area contributed by atoms with Crippen molar-refractivity contribution in [3.63, 3.8) is 0 Å². The molecule has 4 rings (SSSR count). The van der Waals surface area contributed by atoms with Crippen LogP contribution in [-0.4, -0.2) is 64.6 Å². The van der Waals surface area contributed by atoms with Crippen molar-refractivity contribution in [3.8, 4) is 5.75 Å². The van der Waals surface area contributed by atoms with Crippen molar-refractivity contribution in [1.82, 2.24) is 8.61 Å². The van der Waals surface area contributed by atoms with Gasteiger partial charge in [0.25, 0.3) is 5.91 Å². The number of sulfonamides is 2. The summed E-state index contributed by atoms with van der Waals surface area (Å²) in [6, 6.07) is 8.25. The highest BCUT2D eigenvalue weighted by molar-refractivity contribution is 7.89. The molecular formula is C23H28ClN3O6S2. The highest BCUT2D eigenvalue weighted by Crippen LogP contribution is 2.32. The molecule has 190 valence electrons. The summed E-state index contributed by atoms with van der Waals surface area (Å²) in [5.41, 5.74) is 0.0951. The lowest BCUT2D eigenvalue weighted by Crippen LogP contribution is -2.35. The van der Waals surface area contributed by atoms with Gasteiger partial charge in [-0.05, 0) is 62.1 Å². The minimum absolute atomic E-state index is 0.0220. The summed E-state index contributed by atoms with van der Waals surface area (Å²) in [7, 11) is -6.09. The maximum Gasteiger partial charge on any atom is 0.257 e. The normalized spacial score (nSPS) is 17.9. The number of ether oxygens (including phenoxy) is 1. The Morgan fingerprint density at radius 3 is 1.91 bits per heavy atom. The smallest absolute Gasteiger partial charge is 0.257 e. The highest BCUT2D eigenvalue weighted by Gasteiger charge is 2.29. The van der Waals surface area contributed by atoms with Crippen LogP contribution in [0.25, 0.3) is 0 Å². The molecule has 35 heavy (non-hydrogen) atoms. The molecule has 2 saturated heterocycles.